The molecule has 3 aromatic rings. The van der Waals surface area contributed by atoms with E-state index >= 15 is 0 Å². The number of esters is 1. The number of nitrogens with one attached hydrogen (secondary N) is 1. The Bertz CT molecular complexity index is 1010. The number of hydrogen-bond acceptors (Lipinski definition) is 6. The molecule has 30 heavy (non-hydrogen) atoms. The molecule has 0 saturated carbocycles. The molecule has 6 nitrogen and oxygen atoms in total. The zero-order valence-corrected chi connectivity index (χ0v) is 17.5. The minimum absolute atomic E-state index is 0.142. The van der Waals surface area contributed by atoms with Gasteiger partial charge in [-0.1, -0.05) is 44.2 Å². The van der Waals surface area contributed by atoms with E-state index in [1.807, 2.05) is 29.6 Å². The van der Waals surface area contributed by atoms with Crippen LogP contribution in [0.2, 0.25) is 0 Å². The van der Waals surface area contributed by atoms with E-state index in [1.165, 1.54) is 23.1 Å². The standard InChI is InChI=1S/C23H22N2O4S/c1-16(2)18-8-10-19(11-9-18)28-15-22(26)25-24-14-17-5-3-6-20(13-17)29-23(27)21-7-4-12-30-21/h3-14,16H,15H2,1-2H3,(H,25,26)/b24-14-. The first-order valence-corrected chi connectivity index (χ1v) is 10.3. The van der Waals surface area contributed by atoms with E-state index in [1.54, 1.807) is 36.4 Å². The number of ether oxygens (including phenoxy) is 2. The summed E-state index contributed by atoms with van der Waals surface area (Å²) in [4.78, 5) is 24.4. The maximum atomic E-state index is 12.0. The SMILES string of the molecule is CC(C)c1ccc(OCC(=O)N/N=C\c2cccc(OC(=O)c3cccs3)c2)cc1. The average molecular weight is 423 g/mol. The van der Waals surface area contributed by atoms with Gasteiger partial charge in [0.25, 0.3) is 5.91 Å². The van der Waals surface area contributed by atoms with Crippen molar-refractivity contribution in [3.05, 3.63) is 82.0 Å². The van der Waals surface area contributed by atoms with Crippen molar-refractivity contribution in [2.75, 3.05) is 6.61 Å². The summed E-state index contributed by atoms with van der Waals surface area (Å²) in [5.74, 6) is 0.676. The molecule has 0 aliphatic rings. The van der Waals surface area contributed by atoms with Gasteiger partial charge in [0.15, 0.2) is 6.61 Å². The number of amides is 1. The Hall–Kier alpha value is -3.45. The lowest BCUT2D eigenvalue weighted by Crippen LogP contribution is -2.24. The largest absolute Gasteiger partial charge is 0.484 e. The fourth-order valence-electron chi connectivity index (χ4n) is 2.52. The number of hydrogen-bond donors (Lipinski definition) is 1. The lowest BCUT2D eigenvalue weighted by molar-refractivity contribution is -0.123. The number of carbonyl (C=O) groups is 2. The Morgan fingerprint density at radius 3 is 2.57 bits per heavy atom. The van der Waals surface area contributed by atoms with E-state index in [-0.39, 0.29) is 12.5 Å². The second kappa shape index (κ2) is 10.4. The van der Waals surface area contributed by atoms with Gasteiger partial charge in [-0.2, -0.15) is 5.10 Å². The predicted molar refractivity (Wildman–Crippen MR) is 117 cm³/mol. The Morgan fingerprint density at radius 1 is 1.07 bits per heavy atom. The molecule has 154 valence electrons. The van der Waals surface area contributed by atoms with Crippen LogP contribution >= 0.6 is 11.3 Å². The minimum Gasteiger partial charge on any atom is -0.484 e. The third-order valence-corrected chi connectivity index (χ3v) is 4.96. The van der Waals surface area contributed by atoms with Crippen LogP contribution in [0.3, 0.4) is 0 Å². The first kappa shape index (κ1) is 21.3. The number of hydrazone groups is 1. The second-order valence-electron chi connectivity index (χ2n) is 6.74. The fraction of sp³-hybridized carbons (Fsp3) is 0.174. The molecule has 1 aromatic heterocycles. The van der Waals surface area contributed by atoms with Gasteiger partial charge in [0, 0.05) is 0 Å². The molecule has 0 aliphatic carbocycles. The van der Waals surface area contributed by atoms with Crippen LogP contribution in [0, 0.1) is 0 Å². The molecule has 1 N–H and O–H groups in total. The van der Waals surface area contributed by atoms with Crippen molar-refractivity contribution in [1.82, 2.24) is 5.43 Å². The van der Waals surface area contributed by atoms with Crippen LogP contribution in [-0.4, -0.2) is 24.7 Å². The van der Waals surface area contributed by atoms with E-state index in [9.17, 15) is 9.59 Å². The van der Waals surface area contributed by atoms with Crippen molar-refractivity contribution >= 4 is 29.4 Å². The highest BCUT2D eigenvalue weighted by molar-refractivity contribution is 7.12. The van der Waals surface area contributed by atoms with Crippen LogP contribution in [0.4, 0.5) is 0 Å². The van der Waals surface area contributed by atoms with Crippen molar-refractivity contribution in [3.8, 4) is 11.5 Å². The van der Waals surface area contributed by atoms with Gasteiger partial charge in [-0.25, -0.2) is 10.2 Å². The van der Waals surface area contributed by atoms with Crippen LogP contribution < -0.4 is 14.9 Å². The zero-order chi connectivity index (χ0) is 21.3. The summed E-state index contributed by atoms with van der Waals surface area (Å²) in [5, 5.41) is 5.73. The van der Waals surface area contributed by atoms with Crippen LogP contribution in [0.5, 0.6) is 11.5 Å². The highest BCUT2D eigenvalue weighted by Crippen LogP contribution is 2.19. The number of carbonyl (C=O) groups excluding carboxylic acids is 2. The number of thiophene rings is 1. The summed E-state index contributed by atoms with van der Waals surface area (Å²) in [6, 6.07) is 18.0. The van der Waals surface area contributed by atoms with Crippen molar-refractivity contribution in [2.45, 2.75) is 19.8 Å². The molecule has 0 aliphatic heterocycles. The van der Waals surface area contributed by atoms with Gasteiger partial charge < -0.3 is 9.47 Å². The van der Waals surface area contributed by atoms with Crippen LogP contribution in [-0.2, 0) is 4.79 Å². The van der Waals surface area contributed by atoms with Gasteiger partial charge in [-0.3, -0.25) is 4.79 Å². The van der Waals surface area contributed by atoms with Gasteiger partial charge >= 0.3 is 5.97 Å². The summed E-state index contributed by atoms with van der Waals surface area (Å²) in [6.45, 7) is 4.09. The zero-order valence-electron chi connectivity index (χ0n) is 16.7. The molecule has 2 aromatic carbocycles. The van der Waals surface area contributed by atoms with Gasteiger partial charge in [0.1, 0.15) is 16.4 Å². The summed E-state index contributed by atoms with van der Waals surface area (Å²) in [7, 11) is 0. The summed E-state index contributed by atoms with van der Waals surface area (Å²) in [5.41, 5.74) is 4.30. The predicted octanol–water partition coefficient (Wildman–Crippen LogP) is 4.62. The number of benzene rings is 2. The fourth-order valence-corrected chi connectivity index (χ4v) is 3.12. The molecule has 1 heterocycles. The van der Waals surface area contributed by atoms with E-state index < -0.39 is 5.97 Å². The third kappa shape index (κ3) is 6.28. The van der Waals surface area contributed by atoms with Gasteiger partial charge in [-0.05, 0) is 52.8 Å². The maximum Gasteiger partial charge on any atom is 0.353 e. The molecule has 0 radical (unpaired) electrons. The average Bonchev–Trinajstić information content (AvgIpc) is 3.28. The molecule has 0 unspecified atom stereocenters. The first-order valence-electron chi connectivity index (χ1n) is 9.41. The van der Waals surface area contributed by atoms with Gasteiger partial charge in [0.2, 0.25) is 0 Å². The normalized spacial score (nSPS) is 10.9. The topological polar surface area (TPSA) is 77.0 Å². The molecule has 7 heteroatoms. The lowest BCUT2D eigenvalue weighted by Gasteiger charge is -2.08. The summed E-state index contributed by atoms with van der Waals surface area (Å²) < 4.78 is 10.8. The van der Waals surface area contributed by atoms with Gasteiger partial charge in [0.05, 0.1) is 6.21 Å². The molecular formula is C23H22N2O4S. The Balaban J connectivity index is 1.47. The molecular weight excluding hydrogens is 400 g/mol. The molecule has 0 bridgehead atoms. The van der Waals surface area contributed by atoms with Gasteiger partial charge in [-0.15, -0.1) is 11.3 Å². The molecule has 0 spiro atoms. The van der Waals surface area contributed by atoms with Crippen LogP contribution in [0.25, 0.3) is 0 Å². The number of nitrogens with zero attached hydrogens (tertiary/aromatic N) is 1. The lowest BCUT2D eigenvalue weighted by atomic mass is 10.0. The Morgan fingerprint density at radius 2 is 1.87 bits per heavy atom. The van der Waals surface area contributed by atoms with Crippen molar-refractivity contribution in [2.24, 2.45) is 5.10 Å². The summed E-state index contributed by atoms with van der Waals surface area (Å²) >= 11 is 1.32. The second-order valence-corrected chi connectivity index (χ2v) is 7.69. The number of rotatable bonds is 8. The summed E-state index contributed by atoms with van der Waals surface area (Å²) in [6.07, 6.45) is 1.47. The maximum absolute atomic E-state index is 12.0. The van der Waals surface area contributed by atoms with Crippen molar-refractivity contribution in [3.63, 3.8) is 0 Å². The molecule has 0 fully saturated rings. The van der Waals surface area contributed by atoms with Crippen molar-refractivity contribution in [1.29, 1.82) is 0 Å². The first-order chi connectivity index (χ1) is 14.5. The minimum atomic E-state index is -0.411. The van der Waals surface area contributed by atoms with E-state index in [2.05, 4.69) is 24.4 Å². The molecule has 3 rings (SSSR count). The van der Waals surface area contributed by atoms with E-state index in [0.717, 1.165) is 0 Å². The highest BCUT2D eigenvalue weighted by Gasteiger charge is 2.09. The molecule has 0 atom stereocenters. The smallest absolute Gasteiger partial charge is 0.353 e. The van der Waals surface area contributed by atoms with Crippen LogP contribution in [0.1, 0.15) is 40.6 Å². The van der Waals surface area contributed by atoms with Crippen molar-refractivity contribution < 1.29 is 19.1 Å². The van der Waals surface area contributed by atoms with E-state index in [4.69, 9.17) is 9.47 Å². The Kier molecular flexibility index (Phi) is 7.34. The molecule has 0 saturated heterocycles. The highest BCUT2D eigenvalue weighted by atomic mass is 32.1. The Labute approximate surface area is 179 Å². The third-order valence-electron chi connectivity index (χ3n) is 4.11. The van der Waals surface area contributed by atoms with Crippen LogP contribution in [0.15, 0.2) is 71.1 Å². The molecule has 1 amide bonds. The monoisotopic (exact) mass is 422 g/mol. The van der Waals surface area contributed by atoms with E-state index in [0.29, 0.717) is 27.9 Å². The quantitative estimate of drug-likeness (QED) is 0.249.